The molecule has 9 nitrogen and oxygen atoms in total. The third-order valence-corrected chi connectivity index (χ3v) is 4.30. The summed E-state index contributed by atoms with van der Waals surface area (Å²) in [6.07, 6.45) is 0. The van der Waals surface area contributed by atoms with E-state index in [1.807, 2.05) is 0 Å². The van der Waals surface area contributed by atoms with Crippen molar-refractivity contribution in [3.63, 3.8) is 0 Å². The van der Waals surface area contributed by atoms with Crippen LogP contribution in [0.3, 0.4) is 0 Å². The smallest absolute Gasteiger partial charge is 0.360 e. The first-order chi connectivity index (χ1) is 15.0. The lowest BCUT2D eigenvalue weighted by Crippen LogP contribution is -2.27. The van der Waals surface area contributed by atoms with Gasteiger partial charge in [0.15, 0.2) is 17.2 Å². The van der Waals surface area contributed by atoms with Crippen LogP contribution in [0.5, 0.6) is 11.5 Å². The number of hydrogen-bond acceptors (Lipinski definition) is 7. The van der Waals surface area contributed by atoms with E-state index in [9.17, 15) is 14.4 Å². The van der Waals surface area contributed by atoms with Gasteiger partial charge in [-0.25, -0.2) is 4.79 Å². The first-order valence-electron chi connectivity index (χ1n) is 9.38. The molecule has 1 N–H and O–H groups in total. The number of para-hydroxylation sites is 1. The Labute approximate surface area is 178 Å². The highest BCUT2D eigenvalue weighted by Gasteiger charge is 2.21. The van der Waals surface area contributed by atoms with E-state index in [1.165, 1.54) is 26.4 Å². The molecule has 0 atom stereocenters. The molecule has 160 valence electrons. The number of methoxy groups -OCH3 is 2. The average molecular weight is 423 g/mol. The SMILES string of the molecule is CCOC(=O)c1nn(-c2ccccc2)c(=O)cc1NC(=O)c1ccc(OC)c(OC)c1. The summed E-state index contributed by atoms with van der Waals surface area (Å²) < 4.78 is 16.5. The molecule has 0 saturated carbocycles. The van der Waals surface area contributed by atoms with Crippen molar-refractivity contribution in [3.05, 3.63) is 76.2 Å². The molecule has 0 aliphatic rings. The van der Waals surface area contributed by atoms with Crippen LogP contribution in [0, 0.1) is 0 Å². The molecule has 9 heteroatoms. The van der Waals surface area contributed by atoms with Gasteiger partial charge in [-0.3, -0.25) is 9.59 Å². The van der Waals surface area contributed by atoms with Crippen LogP contribution < -0.4 is 20.3 Å². The number of carbonyl (C=O) groups excluding carboxylic acids is 2. The van der Waals surface area contributed by atoms with Crippen molar-refractivity contribution >= 4 is 17.6 Å². The van der Waals surface area contributed by atoms with Gasteiger partial charge in [-0.05, 0) is 37.3 Å². The molecule has 0 spiro atoms. The summed E-state index contributed by atoms with van der Waals surface area (Å²) in [6, 6.07) is 14.3. The van der Waals surface area contributed by atoms with Gasteiger partial charge in [0.05, 0.1) is 32.2 Å². The maximum absolute atomic E-state index is 12.8. The Hall–Kier alpha value is -4.14. The summed E-state index contributed by atoms with van der Waals surface area (Å²) in [5.74, 6) is -0.517. The normalized spacial score (nSPS) is 10.3. The van der Waals surface area contributed by atoms with E-state index in [-0.39, 0.29) is 23.6 Å². The van der Waals surface area contributed by atoms with Gasteiger partial charge in [0, 0.05) is 11.6 Å². The van der Waals surface area contributed by atoms with E-state index in [0.717, 1.165) is 10.7 Å². The van der Waals surface area contributed by atoms with E-state index in [2.05, 4.69) is 10.4 Å². The molecule has 0 unspecified atom stereocenters. The molecule has 1 heterocycles. The van der Waals surface area contributed by atoms with Crippen molar-refractivity contribution in [1.82, 2.24) is 9.78 Å². The highest BCUT2D eigenvalue weighted by molar-refractivity contribution is 6.07. The number of benzene rings is 2. The van der Waals surface area contributed by atoms with Gasteiger partial charge in [-0.15, -0.1) is 0 Å². The van der Waals surface area contributed by atoms with Crippen LogP contribution >= 0.6 is 0 Å². The topological polar surface area (TPSA) is 109 Å². The fourth-order valence-electron chi connectivity index (χ4n) is 2.83. The lowest BCUT2D eigenvalue weighted by molar-refractivity contribution is 0.0518. The zero-order valence-electron chi connectivity index (χ0n) is 17.2. The van der Waals surface area contributed by atoms with Crippen molar-refractivity contribution in [3.8, 4) is 17.2 Å². The van der Waals surface area contributed by atoms with Gasteiger partial charge in [0.1, 0.15) is 0 Å². The number of hydrogen-bond donors (Lipinski definition) is 1. The highest BCUT2D eigenvalue weighted by Crippen LogP contribution is 2.28. The van der Waals surface area contributed by atoms with Gasteiger partial charge in [0.25, 0.3) is 11.5 Å². The third-order valence-electron chi connectivity index (χ3n) is 4.30. The number of anilines is 1. The molecule has 0 aliphatic heterocycles. The minimum Gasteiger partial charge on any atom is -0.493 e. The largest absolute Gasteiger partial charge is 0.493 e. The van der Waals surface area contributed by atoms with E-state index in [1.54, 1.807) is 43.3 Å². The maximum Gasteiger partial charge on any atom is 0.360 e. The second-order valence-corrected chi connectivity index (χ2v) is 6.24. The van der Waals surface area contributed by atoms with Crippen molar-refractivity contribution in [2.75, 3.05) is 26.1 Å². The van der Waals surface area contributed by atoms with E-state index < -0.39 is 17.4 Å². The predicted molar refractivity (Wildman–Crippen MR) is 113 cm³/mol. The molecule has 1 amide bonds. The highest BCUT2D eigenvalue weighted by atomic mass is 16.5. The fraction of sp³-hybridized carbons (Fsp3) is 0.182. The van der Waals surface area contributed by atoms with Crippen molar-refractivity contribution in [1.29, 1.82) is 0 Å². The van der Waals surface area contributed by atoms with Gasteiger partial charge in [-0.2, -0.15) is 9.78 Å². The van der Waals surface area contributed by atoms with Crippen molar-refractivity contribution in [2.24, 2.45) is 0 Å². The van der Waals surface area contributed by atoms with E-state index in [4.69, 9.17) is 14.2 Å². The lowest BCUT2D eigenvalue weighted by atomic mass is 10.1. The quantitative estimate of drug-likeness (QED) is 0.582. The van der Waals surface area contributed by atoms with Gasteiger partial charge < -0.3 is 19.5 Å². The Morgan fingerprint density at radius 1 is 1.00 bits per heavy atom. The van der Waals surface area contributed by atoms with Crippen LogP contribution in [0.25, 0.3) is 5.69 Å². The summed E-state index contributed by atoms with van der Waals surface area (Å²) in [7, 11) is 2.93. The van der Waals surface area contributed by atoms with Crippen LogP contribution in [0.2, 0.25) is 0 Å². The number of rotatable bonds is 7. The van der Waals surface area contributed by atoms with Crippen LogP contribution in [0.4, 0.5) is 5.69 Å². The first-order valence-corrected chi connectivity index (χ1v) is 9.38. The Morgan fingerprint density at radius 2 is 1.71 bits per heavy atom. The summed E-state index contributed by atoms with van der Waals surface area (Å²) >= 11 is 0. The molecular weight excluding hydrogens is 402 g/mol. The van der Waals surface area contributed by atoms with Gasteiger partial charge in [-0.1, -0.05) is 18.2 Å². The summed E-state index contributed by atoms with van der Waals surface area (Å²) in [5.41, 5.74) is -0.0769. The van der Waals surface area contributed by atoms with E-state index >= 15 is 0 Å². The fourth-order valence-corrected chi connectivity index (χ4v) is 2.83. The average Bonchev–Trinajstić information content (AvgIpc) is 2.79. The minimum atomic E-state index is -0.769. The molecule has 1 aromatic heterocycles. The van der Waals surface area contributed by atoms with Gasteiger partial charge >= 0.3 is 5.97 Å². The molecule has 0 saturated heterocycles. The van der Waals surface area contributed by atoms with Gasteiger partial charge in [0.2, 0.25) is 0 Å². The molecule has 0 fully saturated rings. The molecule has 0 radical (unpaired) electrons. The Morgan fingerprint density at radius 3 is 2.35 bits per heavy atom. The monoisotopic (exact) mass is 423 g/mol. The van der Waals surface area contributed by atoms with Crippen molar-refractivity contribution in [2.45, 2.75) is 6.92 Å². The van der Waals surface area contributed by atoms with Crippen LogP contribution in [-0.4, -0.2) is 42.5 Å². The molecule has 2 aromatic carbocycles. The molecule has 0 bridgehead atoms. The Bertz CT molecular complexity index is 1160. The Balaban J connectivity index is 2.02. The second-order valence-electron chi connectivity index (χ2n) is 6.24. The number of ether oxygens (including phenoxy) is 3. The Kier molecular flexibility index (Phi) is 6.66. The molecule has 3 aromatic rings. The number of aromatic nitrogens is 2. The minimum absolute atomic E-state index is 0.0598. The third kappa shape index (κ3) is 4.72. The summed E-state index contributed by atoms with van der Waals surface area (Å²) in [4.78, 5) is 37.9. The number of nitrogens with one attached hydrogen (secondary N) is 1. The predicted octanol–water partition coefficient (Wildman–Crippen LogP) is 2.68. The first kappa shape index (κ1) is 21.6. The van der Waals surface area contributed by atoms with E-state index in [0.29, 0.717) is 17.2 Å². The van der Waals surface area contributed by atoms with Crippen LogP contribution in [0.15, 0.2) is 59.4 Å². The number of esters is 1. The molecule has 3 rings (SSSR count). The number of amides is 1. The zero-order chi connectivity index (χ0) is 22.4. The lowest BCUT2D eigenvalue weighted by Gasteiger charge is -2.13. The summed E-state index contributed by atoms with van der Waals surface area (Å²) in [5, 5.41) is 6.70. The molecule has 0 aliphatic carbocycles. The maximum atomic E-state index is 12.8. The number of nitrogens with zero attached hydrogens (tertiary/aromatic N) is 2. The zero-order valence-corrected chi connectivity index (χ0v) is 17.2. The molecular formula is C22H21N3O6. The molecule has 31 heavy (non-hydrogen) atoms. The standard InChI is InChI=1S/C22H21N3O6/c1-4-31-22(28)20-16(13-19(26)25(24-20)15-8-6-5-7-9-15)23-21(27)14-10-11-17(29-2)18(12-14)30-3/h5-13H,4H2,1-3H3,(H,23,27). The summed E-state index contributed by atoms with van der Waals surface area (Å²) in [6.45, 7) is 1.75. The van der Waals surface area contributed by atoms with Crippen molar-refractivity contribution < 1.29 is 23.8 Å². The number of carbonyl (C=O) groups is 2. The van der Waals surface area contributed by atoms with Crippen LogP contribution in [-0.2, 0) is 4.74 Å². The second kappa shape index (κ2) is 9.57. The van der Waals surface area contributed by atoms with Crippen LogP contribution in [0.1, 0.15) is 27.8 Å².